The molecule has 2 aliphatic rings. The minimum atomic E-state index is -0.338. The van der Waals surface area contributed by atoms with E-state index in [9.17, 15) is 9.18 Å². The van der Waals surface area contributed by atoms with Gasteiger partial charge in [-0.05, 0) is 68.5 Å². The number of aryl methyl sites for hydroxylation is 1. The van der Waals surface area contributed by atoms with E-state index in [0.29, 0.717) is 28.7 Å². The SMILES string of the molecule is Cc1ccc(C(=O)N(Cc2nc3ccc(Cl)cc3n2C2CCCC2)C2CCCC2)cc1F. The number of fused-ring (bicyclic) bond motifs is 1. The van der Waals surface area contributed by atoms with E-state index in [1.807, 2.05) is 23.1 Å². The van der Waals surface area contributed by atoms with Crippen molar-refractivity contribution in [3.05, 3.63) is 64.2 Å². The van der Waals surface area contributed by atoms with Gasteiger partial charge in [-0.1, -0.05) is 43.4 Å². The molecule has 0 saturated heterocycles. The first-order valence-electron chi connectivity index (χ1n) is 11.7. The van der Waals surface area contributed by atoms with Crippen molar-refractivity contribution in [1.82, 2.24) is 14.5 Å². The summed E-state index contributed by atoms with van der Waals surface area (Å²) in [6.07, 6.45) is 8.84. The Hall–Kier alpha value is -2.40. The Kier molecular flexibility index (Phi) is 5.93. The van der Waals surface area contributed by atoms with Gasteiger partial charge in [-0.15, -0.1) is 0 Å². The van der Waals surface area contributed by atoms with E-state index in [1.165, 1.54) is 18.9 Å². The van der Waals surface area contributed by atoms with Crippen LogP contribution in [0, 0.1) is 12.7 Å². The fraction of sp³-hybridized carbons (Fsp3) is 0.462. The van der Waals surface area contributed by atoms with Crippen LogP contribution in [0.3, 0.4) is 0 Å². The topological polar surface area (TPSA) is 38.1 Å². The average molecular weight is 454 g/mol. The lowest BCUT2D eigenvalue weighted by Gasteiger charge is -2.30. The minimum absolute atomic E-state index is 0.112. The number of halogens is 2. The summed E-state index contributed by atoms with van der Waals surface area (Å²) in [7, 11) is 0. The summed E-state index contributed by atoms with van der Waals surface area (Å²) in [4.78, 5) is 20.5. The molecule has 32 heavy (non-hydrogen) atoms. The van der Waals surface area contributed by atoms with E-state index in [-0.39, 0.29) is 17.8 Å². The molecule has 2 fully saturated rings. The van der Waals surface area contributed by atoms with Gasteiger partial charge in [-0.2, -0.15) is 0 Å². The zero-order chi connectivity index (χ0) is 22.2. The molecule has 168 valence electrons. The van der Waals surface area contributed by atoms with Crippen LogP contribution in [0.1, 0.15) is 79.2 Å². The van der Waals surface area contributed by atoms with Crippen molar-refractivity contribution < 1.29 is 9.18 Å². The standard InChI is InChI=1S/C26H29ClFN3O/c1-17-10-11-18(14-22(17)28)26(32)30(20-6-2-3-7-20)16-25-29-23-13-12-19(27)15-24(23)31(25)21-8-4-5-9-21/h10-15,20-21H,2-9,16H2,1H3. The largest absolute Gasteiger partial charge is 0.328 e. The quantitative estimate of drug-likeness (QED) is 0.424. The Morgan fingerprint density at radius 3 is 2.53 bits per heavy atom. The summed E-state index contributed by atoms with van der Waals surface area (Å²) in [5, 5.41) is 0.696. The maximum atomic E-state index is 14.3. The van der Waals surface area contributed by atoms with Crippen LogP contribution < -0.4 is 0 Å². The molecule has 0 unspecified atom stereocenters. The molecule has 0 bridgehead atoms. The molecule has 3 aromatic rings. The van der Waals surface area contributed by atoms with Gasteiger partial charge in [0, 0.05) is 22.7 Å². The summed E-state index contributed by atoms with van der Waals surface area (Å²) in [5.41, 5.74) is 2.91. The van der Waals surface area contributed by atoms with Crippen LogP contribution in [-0.2, 0) is 6.54 Å². The summed E-state index contributed by atoms with van der Waals surface area (Å²) in [6.45, 7) is 2.15. The molecule has 1 heterocycles. The van der Waals surface area contributed by atoms with Gasteiger partial charge >= 0.3 is 0 Å². The third kappa shape index (κ3) is 4.03. The van der Waals surface area contributed by atoms with Crippen molar-refractivity contribution in [3.63, 3.8) is 0 Å². The molecule has 0 atom stereocenters. The molecule has 5 rings (SSSR count). The summed E-state index contributed by atoms with van der Waals surface area (Å²) in [6, 6.07) is 11.2. The third-order valence-corrected chi connectivity index (χ3v) is 7.41. The van der Waals surface area contributed by atoms with Crippen LogP contribution >= 0.6 is 11.6 Å². The number of aromatic nitrogens is 2. The Morgan fingerprint density at radius 1 is 1.09 bits per heavy atom. The van der Waals surface area contributed by atoms with E-state index < -0.39 is 0 Å². The molecule has 0 aliphatic heterocycles. The number of rotatable bonds is 5. The maximum Gasteiger partial charge on any atom is 0.254 e. The fourth-order valence-electron chi connectivity index (χ4n) is 5.42. The number of hydrogen-bond donors (Lipinski definition) is 0. The van der Waals surface area contributed by atoms with E-state index in [2.05, 4.69) is 4.57 Å². The molecule has 0 radical (unpaired) electrons. The second-order valence-electron chi connectivity index (χ2n) is 9.30. The predicted molar refractivity (Wildman–Crippen MR) is 126 cm³/mol. The number of amides is 1. The van der Waals surface area contributed by atoms with Crippen molar-refractivity contribution >= 4 is 28.5 Å². The molecule has 0 spiro atoms. The molecule has 0 N–H and O–H groups in total. The molecule has 4 nitrogen and oxygen atoms in total. The number of nitrogens with zero attached hydrogens (tertiary/aromatic N) is 3. The predicted octanol–water partition coefficient (Wildman–Crippen LogP) is 6.84. The fourth-order valence-corrected chi connectivity index (χ4v) is 5.59. The van der Waals surface area contributed by atoms with Gasteiger partial charge in [-0.25, -0.2) is 9.37 Å². The second kappa shape index (κ2) is 8.86. The van der Waals surface area contributed by atoms with Crippen molar-refractivity contribution in [1.29, 1.82) is 0 Å². The normalized spacial score (nSPS) is 17.5. The van der Waals surface area contributed by atoms with Crippen molar-refractivity contribution in [3.8, 4) is 0 Å². The lowest BCUT2D eigenvalue weighted by molar-refractivity contribution is 0.0655. The first-order valence-corrected chi connectivity index (χ1v) is 12.1. The molecule has 1 amide bonds. The smallest absolute Gasteiger partial charge is 0.254 e. The highest BCUT2D eigenvalue weighted by atomic mass is 35.5. The average Bonchev–Trinajstić information content (AvgIpc) is 3.54. The summed E-state index contributed by atoms with van der Waals surface area (Å²) >= 11 is 6.33. The Bertz CT molecular complexity index is 1150. The van der Waals surface area contributed by atoms with Crippen molar-refractivity contribution in [2.75, 3.05) is 0 Å². The van der Waals surface area contributed by atoms with Crippen LogP contribution in [-0.4, -0.2) is 26.4 Å². The zero-order valence-electron chi connectivity index (χ0n) is 18.5. The van der Waals surface area contributed by atoms with Gasteiger partial charge in [0.2, 0.25) is 0 Å². The molecule has 6 heteroatoms. The molecular formula is C26H29ClFN3O. The Balaban J connectivity index is 1.55. The lowest BCUT2D eigenvalue weighted by atomic mass is 10.1. The van der Waals surface area contributed by atoms with Crippen LogP contribution in [0.2, 0.25) is 5.02 Å². The number of carbonyl (C=O) groups excluding carboxylic acids is 1. The van der Waals surface area contributed by atoms with E-state index in [4.69, 9.17) is 16.6 Å². The van der Waals surface area contributed by atoms with E-state index in [0.717, 1.165) is 55.4 Å². The second-order valence-corrected chi connectivity index (χ2v) is 9.74. The van der Waals surface area contributed by atoms with Gasteiger partial charge in [0.05, 0.1) is 17.6 Å². The maximum absolute atomic E-state index is 14.3. The van der Waals surface area contributed by atoms with Crippen LogP contribution in [0.4, 0.5) is 4.39 Å². The molecule has 2 aromatic carbocycles. The first-order chi connectivity index (χ1) is 15.5. The van der Waals surface area contributed by atoms with E-state index in [1.54, 1.807) is 19.1 Å². The van der Waals surface area contributed by atoms with Crippen LogP contribution in [0.5, 0.6) is 0 Å². The number of imidazole rings is 1. The van der Waals surface area contributed by atoms with E-state index >= 15 is 0 Å². The Morgan fingerprint density at radius 2 is 1.81 bits per heavy atom. The van der Waals surface area contributed by atoms with Crippen molar-refractivity contribution in [2.45, 2.75) is 76.9 Å². The molecule has 2 aliphatic carbocycles. The van der Waals surface area contributed by atoms with Gasteiger partial charge in [0.1, 0.15) is 11.6 Å². The van der Waals surface area contributed by atoms with Gasteiger partial charge < -0.3 is 9.47 Å². The first kappa shape index (κ1) is 21.4. The molecule has 2 saturated carbocycles. The summed E-state index contributed by atoms with van der Waals surface area (Å²) < 4.78 is 16.6. The highest BCUT2D eigenvalue weighted by Crippen LogP contribution is 2.36. The zero-order valence-corrected chi connectivity index (χ0v) is 19.2. The van der Waals surface area contributed by atoms with Gasteiger partial charge in [0.15, 0.2) is 0 Å². The highest BCUT2D eigenvalue weighted by molar-refractivity contribution is 6.31. The molecule has 1 aromatic heterocycles. The highest BCUT2D eigenvalue weighted by Gasteiger charge is 2.31. The summed E-state index contributed by atoms with van der Waals surface area (Å²) in [5.74, 6) is 0.455. The number of carbonyl (C=O) groups is 1. The van der Waals surface area contributed by atoms with Gasteiger partial charge in [0.25, 0.3) is 5.91 Å². The van der Waals surface area contributed by atoms with Gasteiger partial charge in [-0.3, -0.25) is 4.79 Å². The number of hydrogen-bond acceptors (Lipinski definition) is 2. The van der Waals surface area contributed by atoms with Crippen molar-refractivity contribution in [2.24, 2.45) is 0 Å². The number of benzene rings is 2. The van der Waals surface area contributed by atoms with Crippen LogP contribution in [0.25, 0.3) is 11.0 Å². The lowest BCUT2D eigenvalue weighted by Crippen LogP contribution is -2.39. The Labute approximate surface area is 193 Å². The monoisotopic (exact) mass is 453 g/mol. The third-order valence-electron chi connectivity index (χ3n) is 7.17. The molecular weight excluding hydrogens is 425 g/mol. The minimum Gasteiger partial charge on any atom is -0.328 e. The van der Waals surface area contributed by atoms with Crippen LogP contribution in [0.15, 0.2) is 36.4 Å².